The molecule has 160 valence electrons. The molecule has 0 N–H and O–H groups in total. The summed E-state index contributed by atoms with van der Waals surface area (Å²) in [5.41, 5.74) is 0. The van der Waals surface area contributed by atoms with Crippen molar-refractivity contribution in [3.63, 3.8) is 0 Å². The summed E-state index contributed by atoms with van der Waals surface area (Å²) in [7, 11) is -3.00. The Balaban J connectivity index is 1.42. The molecular weight excluding hydrogens is 380 g/mol. The van der Waals surface area contributed by atoms with Gasteiger partial charge in [0.15, 0.2) is 9.84 Å². The van der Waals surface area contributed by atoms with Gasteiger partial charge in [0.05, 0.1) is 24.6 Å². The maximum absolute atomic E-state index is 12.7. The van der Waals surface area contributed by atoms with Crippen LogP contribution >= 0.6 is 0 Å². The molecular formula is C19H34N4O4S. The van der Waals surface area contributed by atoms with Crippen molar-refractivity contribution in [1.82, 2.24) is 19.6 Å². The second-order valence-corrected chi connectivity index (χ2v) is 10.5. The first kappa shape index (κ1) is 21.5. The molecule has 2 amide bonds. The number of carbonyl (C=O) groups is 2. The molecule has 0 aliphatic carbocycles. The van der Waals surface area contributed by atoms with Crippen LogP contribution in [0.1, 0.15) is 32.6 Å². The van der Waals surface area contributed by atoms with E-state index in [-0.39, 0.29) is 29.4 Å². The van der Waals surface area contributed by atoms with E-state index in [1.807, 2.05) is 11.8 Å². The normalized spacial score (nSPS) is 26.3. The number of carbonyl (C=O) groups excluding carboxylic acids is 2. The highest BCUT2D eigenvalue weighted by Crippen LogP contribution is 2.18. The number of hydrogen-bond acceptors (Lipinski definition) is 6. The second kappa shape index (κ2) is 9.54. The second-order valence-electron chi connectivity index (χ2n) is 8.23. The minimum absolute atomic E-state index is 0.0162. The van der Waals surface area contributed by atoms with Crippen LogP contribution in [0.5, 0.6) is 0 Å². The fraction of sp³-hybridized carbons (Fsp3) is 0.895. The van der Waals surface area contributed by atoms with Gasteiger partial charge in [-0.3, -0.25) is 19.4 Å². The molecule has 3 rings (SSSR count). The van der Waals surface area contributed by atoms with Crippen molar-refractivity contribution in [2.24, 2.45) is 0 Å². The zero-order chi connectivity index (χ0) is 20.1. The highest BCUT2D eigenvalue weighted by Gasteiger charge is 2.34. The Kier molecular flexibility index (Phi) is 7.33. The molecule has 8 nitrogen and oxygen atoms in total. The van der Waals surface area contributed by atoms with Gasteiger partial charge in [-0.05, 0) is 32.6 Å². The smallest absolute Gasteiger partial charge is 0.237 e. The predicted octanol–water partition coefficient (Wildman–Crippen LogP) is -0.348. The molecule has 0 bridgehead atoms. The first-order valence-corrected chi connectivity index (χ1v) is 12.4. The molecule has 3 aliphatic rings. The number of rotatable bonds is 6. The highest BCUT2D eigenvalue weighted by molar-refractivity contribution is 7.91. The summed E-state index contributed by atoms with van der Waals surface area (Å²) in [4.78, 5) is 33.1. The van der Waals surface area contributed by atoms with Crippen LogP contribution in [0.15, 0.2) is 0 Å². The van der Waals surface area contributed by atoms with Crippen LogP contribution in [0.25, 0.3) is 0 Å². The van der Waals surface area contributed by atoms with Crippen molar-refractivity contribution < 1.29 is 18.0 Å². The number of amides is 2. The Morgan fingerprint density at radius 3 is 2.07 bits per heavy atom. The molecule has 0 radical (unpaired) electrons. The molecule has 0 aromatic rings. The SMILES string of the molecule is CCN(C(=O)CN1CCN(CC(=O)N2CCCCC2)CC1)C1CCS(=O)(=O)C1. The minimum Gasteiger partial charge on any atom is -0.342 e. The van der Waals surface area contributed by atoms with Crippen molar-refractivity contribution in [2.75, 3.05) is 70.4 Å². The molecule has 0 aromatic heterocycles. The molecule has 3 fully saturated rings. The molecule has 3 aliphatic heterocycles. The van der Waals surface area contributed by atoms with Crippen molar-refractivity contribution in [1.29, 1.82) is 0 Å². The van der Waals surface area contributed by atoms with Gasteiger partial charge in [0.2, 0.25) is 11.8 Å². The Bertz CT molecular complexity index is 655. The maximum Gasteiger partial charge on any atom is 0.237 e. The lowest BCUT2D eigenvalue weighted by Gasteiger charge is -2.37. The van der Waals surface area contributed by atoms with Crippen LogP contribution in [0, 0.1) is 0 Å². The van der Waals surface area contributed by atoms with Crippen LogP contribution in [0.2, 0.25) is 0 Å². The molecule has 1 atom stereocenters. The quantitative estimate of drug-likeness (QED) is 0.591. The van der Waals surface area contributed by atoms with E-state index in [2.05, 4.69) is 9.80 Å². The zero-order valence-electron chi connectivity index (χ0n) is 17.0. The summed E-state index contributed by atoms with van der Waals surface area (Å²) >= 11 is 0. The van der Waals surface area contributed by atoms with Gasteiger partial charge in [-0.15, -0.1) is 0 Å². The summed E-state index contributed by atoms with van der Waals surface area (Å²) in [6.45, 7) is 8.14. The third-order valence-corrected chi connectivity index (χ3v) is 7.95. The van der Waals surface area contributed by atoms with Gasteiger partial charge in [0, 0.05) is 51.9 Å². The van der Waals surface area contributed by atoms with Crippen LogP contribution in [0.3, 0.4) is 0 Å². The fourth-order valence-electron chi connectivity index (χ4n) is 4.48. The number of likely N-dealkylation sites (N-methyl/N-ethyl adjacent to an activating group) is 1. The molecule has 3 saturated heterocycles. The first-order valence-electron chi connectivity index (χ1n) is 10.6. The number of nitrogens with zero attached hydrogens (tertiary/aromatic N) is 4. The largest absolute Gasteiger partial charge is 0.342 e. The summed E-state index contributed by atoms with van der Waals surface area (Å²) < 4.78 is 23.5. The molecule has 0 aromatic carbocycles. The fourth-order valence-corrected chi connectivity index (χ4v) is 6.21. The molecule has 9 heteroatoms. The van der Waals surface area contributed by atoms with Crippen LogP contribution in [-0.2, 0) is 19.4 Å². The number of sulfone groups is 1. The summed E-state index contributed by atoms with van der Waals surface area (Å²) in [6.07, 6.45) is 3.99. The van der Waals surface area contributed by atoms with E-state index in [1.54, 1.807) is 4.90 Å². The molecule has 1 unspecified atom stereocenters. The highest BCUT2D eigenvalue weighted by atomic mass is 32.2. The number of likely N-dealkylation sites (tertiary alicyclic amines) is 1. The number of piperidine rings is 1. The van der Waals surface area contributed by atoms with Crippen molar-refractivity contribution in [3.8, 4) is 0 Å². The van der Waals surface area contributed by atoms with Gasteiger partial charge < -0.3 is 9.80 Å². The molecule has 0 saturated carbocycles. The van der Waals surface area contributed by atoms with Gasteiger partial charge in [-0.25, -0.2) is 8.42 Å². The van der Waals surface area contributed by atoms with E-state index in [4.69, 9.17) is 0 Å². The van der Waals surface area contributed by atoms with Gasteiger partial charge >= 0.3 is 0 Å². The van der Waals surface area contributed by atoms with E-state index in [0.29, 0.717) is 26.1 Å². The molecule has 28 heavy (non-hydrogen) atoms. The predicted molar refractivity (Wildman–Crippen MR) is 108 cm³/mol. The standard InChI is InChI=1S/C19H34N4O4S/c1-2-23(17-6-13-28(26,27)16-17)19(25)15-21-11-9-20(10-12-21)14-18(24)22-7-4-3-5-8-22/h17H,2-16H2,1H3. The Morgan fingerprint density at radius 2 is 1.54 bits per heavy atom. The van der Waals surface area contributed by atoms with Gasteiger partial charge in [-0.1, -0.05) is 0 Å². The molecule has 3 heterocycles. The monoisotopic (exact) mass is 414 g/mol. The lowest BCUT2D eigenvalue weighted by molar-refractivity contribution is -0.136. The Morgan fingerprint density at radius 1 is 0.929 bits per heavy atom. The first-order chi connectivity index (χ1) is 13.4. The summed E-state index contributed by atoms with van der Waals surface area (Å²) in [5.74, 6) is 0.524. The van der Waals surface area contributed by atoms with Crippen molar-refractivity contribution >= 4 is 21.7 Å². The van der Waals surface area contributed by atoms with Crippen molar-refractivity contribution in [3.05, 3.63) is 0 Å². The van der Waals surface area contributed by atoms with Crippen molar-refractivity contribution in [2.45, 2.75) is 38.6 Å². The van der Waals surface area contributed by atoms with E-state index in [9.17, 15) is 18.0 Å². The summed E-state index contributed by atoms with van der Waals surface area (Å²) in [6, 6.07) is -0.175. The average molecular weight is 415 g/mol. The number of hydrogen-bond donors (Lipinski definition) is 0. The zero-order valence-corrected chi connectivity index (χ0v) is 17.8. The van der Waals surface area contributed by atoms with E-state index >= 15 is 0 Å². The van der Waals surface area contributed by atoms with Crippen LogP contribution in [0.4, 0.5) is 0 Å². The van der Waals surface area contributed by atoms with E-state index in [1.165, 1.54) is 6.42 Å². The number of piperazine rings is 1. The lowest BCUT2D eigenvalue weighted by atomic mass is 10.1. The van der Waals surface area contributed by atoms with Crippen LogP contribution < -0.4 is 0 Å². The Labute approximate surface area is 168 Å². The van der Waals surface area contributed by atoms with Gasteiger partial charge in [0.1, 0.15) is 0 Å². The van der Waals surface area contributed by atoms with E-state index < -0.39 is 9.84 Å². The van der Waals surface area contributed by atoms with Crippen LogP contribution in [-0.4, -0.2) is 116 Å². The third-order valence-electron chi connectivity index (χ3n) is 6.20. The third kappa shape index (κ3) is 5.67. The van der Waals surface area contributed by atoms with E-state index in [0.717, 1.165) is 52.1 Å². The maximum atomic E-state index is 12.7. The van der Waals surface area contributed by atoms with Gasteiger partial charge in [-0.2, -0.15) is 0 Å². The topological polar surface area (TPSA) is 81.2 Å². The molecule has 0 spiro atoms. The lowest BCUT2D eigenvalue weighted by Crippen LogP contribution is -2.53. The van der Waals surface area contributed by atoms with Gasteiger partial charge in [0.25, 0.3) is 0 Å². The Hall–Kier alpha value is -1.19. The summed E-state index contributed by atoms with van der Waals surface area (Å²) in [5, 5.41) is 0. The average Bonchev–Trinajstić information content (AvgIpc) is 3.04. The minimum atomic E-state index is -3.00.